The molecule has 5 nitrogen and oxygen atoms in total. The molecule has 0 unspecified atom stereocenters. The van der Waals surface area contributed by atoms with Crippen LogP contribution in [0, 0.1) is 6.92 Å². The summed E-state index contributed by atoms with van der Waals surface area (Å²) in [6, 6.07) is 17.2. The molecule has 128 valence electrons. The van der Waals surface area contributed by atoms with E-state index in [4.69, 9.17) is 0 Å². The third-order valence-electron chi connectivity index (χ3n) is 4.37. The Labute approximate surface area is 150 Å². The van der Waals surface area contributed by atoms with Crippen LogP contribution in [0.5, 0.6) is 0 Å². The highest BCUT2D eigenvalue weighted by Crippen LogP contribution is 2.29. The number of pyridine rings is 1. The third kappa shape index (κ3) is 2.95. The average molecular weight is 343 g/mol. The summed E-state index contributed by atoms with van der Waals surface area (Å²) in [6.45, 7) is 2.55. The van der Waals surface area contributed by atoms with E-state index >= 15 is 0 Å². The predicted molar refractivity (Wildman–Crippen MR) is 100 cm³/mol. The van der Waals surface area contributed by atoms with E-state index in [0.29, 0.717) is 6.54 Å². The van der Waals surface area contributed by atoms with Crippen LogP contribution in [-0.2, 0) is 6.54 Å². The monoisotopic (exact) mass is 343 g/mol. The number of hydrogen-bond acceptors (Lipinski definition) is 3. The number of hydrogen-bond donors (Lipinski definition) is 1. The second-order valence-electron chi connectivity index (χ2n) is 6.27. The van der Waals surface area contributed by atoms with Gasteiger partial charge in [0.15, 0.2) is 0 Å². The Kier molecular flexibility index (Phi) is 3.97. The van der Waals surface area contributed by atoms with Crippen molar-refractivity contribution in [2.45, 2.75) is 13.5 Å². The Hall–Kier alpha value is -3.47. The largest absolute Gasteiger partial charge is 0.478 e. The van der Waals surface area contributed by atoms with Crippen LogP contribution in [0.4, 0.5) is 0 Å². The van der Waals surface area contributed by atoms with Gasteiger partial charge in [0.1, 0.15) is 0 Å². The maximum Gasteiger partial charge on any atom is 0.335 e. The zero-order chi connectivity index (χ0) is 18.1. The van der Waals surface area contributed by atoms with E-state index in [1.54, 1.807) is 24.5 Å². The van der Waals surface area contributed by atoms with Crippen molar-refractivity contribution < 1.29 is 9.90 Å². The zero-order valence-corrected chi connectivity index (χ0v) is 14.3. The number of carboxylic acids is 1. The van der Waals surface area contributed by atoms with Gasteiger partial charge in [-0.25, -0.2) is 4.79 Å². The first-order chi connectivity index (χ1) is 12.6. The van der Waals surface area contributed by atoms with Crippen molar-refractivity contribution in [3.8, 4) is 11.3 Å². The number of nitrogens with zero attached hydrogens (tertiary/aromatic N) is 3. The molecule has 0 saturated heterocycles. The molecule has 5 heteroatoms. The van der Waals surface area contributed by atoms with Crippen LogP contribution in [0.3, 0.4) is 0 Å². The first-order valence-corrected chi connectivity index (χ1v) is 8.31. The Morgan fingerprint density at radius 1 is 1.08 bits per heavy atom. The SMILES string of the molecule is Cc1ccc(-c2cc(C(=O)O)cc3c2cnn3Cc2ccccc2)nc1. The van der Waals surface area contributed by atoms with Crippen LogP contribution in [0.15, 0.2) is 67.0 Å². The summed E-state index contributed by atoms with van der Waals surface area (Å²) in [4.78, 5) is 16.1. The fourth-order valence-electron chi connectivity index (χ4n) is 3.02. The second kappa shape index (κ2) is 6.44. The zero-order valence-electron chi connectivity index (χ0n) is 14.3. The van der Waals surface area contributed by atoms with Crippen molar-refractivity contribution in [2.75, 3.05) is 0 Å². The van der Waals surface area contributed by atoms with Crippen molar-refractivity contribution in [3.05, 3.63) is 83.7 Å². The minimum Gasteiger partial charge on any atom is -0.478 e. The quantitative estimate of drug-likeness (QED) is 0.604. The minimum absolute atomic E-state index is 0.227. The molecule has 1 N–H and O–H groups in total. The van der Waals surface area contributed by atoms with E-state index in [1.807, 2.05) is 54.1 Å². The number of aromatic carboxylic acids is 1. The molecular weight excluding hydrogens is 326 g/mol. The molecular formula is C21H17N3O2. The van der Waals surface area contributed by atoms with Gasteiger partial charge in [-0.3, -0.25) is 9.67 Å². The highest BCUT2D eigenvalue weighted by atomic mass is 16.4. The average Bonchev–Trinajstić information content (AvgIpc) is 3.05. The van der Waals surface area contributed by atoms with Crippen LogP contribution in [0.2, 0.25) is 0 Å². The van der Waals surface area contributed by atoms with Crippen molar-refractivity contribution in [1.29, 1.82) is 0 Å². The molecule has 0 radical (unpaired) electrons. The maximum absolute atomic E-state index is 11.6. The standard InChI is InChI=1S/C21H17N3O2/c1-14-7-8-19(22-11-14)17-9-16(21(25)26)10-20-18(17)12-23-24(20)13-15-5-3-2-4-6-15/h2-12H,13H2,1H3,(H,25,26). The van der Waals surface area contributed by atoms with Gasteiger partial charge in [0.05, 0.1) is 29.5 Å². The van der Waals surface area contributed by atoms with E-state index in [1.165, 1.54) is 0 Å². The highest BCUT2D eigenvalue weighted by Gasteiger charge is 2.15. The summed E-state index contributed by atoms with van der Waals surface area (Å²) in [6.07, 6.45) is 3.56. The lowest BCUT2D eigenvalue weighted by Gasteiger charge is -2.08. The first kappa shape index (κ1) is 16.0. The molecule has 0 saturated carbocycles. The summed E-state index contributed by atoms with van der Waals surface area (Å²) in [5, 5.41) is 14.9. The summed E-state index contributed by atoms with van der Waals surface area (Å²) < 4.78 is 1.83. The van der Waals surface area contributed by atoms with Crippen molar-refractivity contribution in [3.63, 3.8) is 0 Å². The van der Waals surface area contributed by atoms with E-state index in [9.17, 15) is 9.90 Å². The van der Waals surface area contributed by atoms with E-state index in [-0.39, 0.29) is 5.56 Å². The van der Waals surface area contributed by atoms with Crippen molar-refractivity contribution >= 4 is 16.9 Å². The lowest BCUT2D eigenvalue weighted by molar-refractivity contribution is 0.0697. The van der Waals surface area contributed by atoms with Gasteiger partial charge in [-0.05, 0) is 36.2 Å². The molecule has 26 heavy (non-hydrogen) atoms. The normalized spacial score (nSPS) is 11.0. The molecule has 0 aliphatic rings. The molecule has 0 fully saturated rings. The van der Waals surface area contributed by atoms with Crippen LogP contribution in [0.25, 0.3) is 22.2 Å². The predicted octanol–water partition coefficient (Wildman–Crippen LogP) is 4.15. The van der Waals surface area contributed by atoms with Gasteiger partial charge < -0.3 is 5.11 Å². The number of aromatic nitrogens is 3. The number of rotatable bonds is 4. The molecule has 2 heterocycles. The van der Waals surface area contributed by atoms with Crippen molar-refractivity contribution in [1.82, 2.24) is 14.8 Å². The Morgan fingerprint density at radius 2 is 1.88 bits per heavy atom. The van der Waals surface area contributed by atoms with Gasteiger partial charge in [-0.2, -0.15) is 5.10 Å². The van der Waals surface area contributed by atoms with Gasteiger partial charge in [0.25, 0.3) is 0 Å². The van der Waals surface area contributed by atoms with E-state index in [0.717, 1.165) is 33.3 Å². The summed E-state index contributed by atoms with van der Waals surface area (Å²) >= 11 is 0. The fourth-order valence-corrected chi connectivity index (χ4v) is 3.02. The van der Waals surface area contributed by atoms with Crippen LogP contribution in [-0.4, -0.2) is 25.8 Å². The van der Waals surface area contributed by atoms with Gasteiger partial charge in [0, 0.05) is 17.1 Å². The fraction of sp³-hybridized carbons (Fsp3) is 0.0952. The van der Waals surface area contributed by atoms with Crippen LogP contribution < -0.4 is 0 Å². The lowest BCUT2D eigenvalue weighted by atomic mass is 10.0. The molecule has 0 atom stereocenters. The number of carbonyl (C=O) groups is 1. The number of benzene rings is 2. The number of fused-ring (bicyclic) bond motifs is 1. The molecule has 0 bridgehead atoms. The smallest absolute Gasteiger partial charge is 0.335 e. The lowest BCUT2D eigenvalue weighted by Crippen LogP contribution is -2.03. The van der Waals surface area contributed by atoms with E-state index < -0.39 is 5.97 Å². The highest BCUT2D eigenvalue weighted by molar-refractivity contribution is 6.00. The summed E-state index contributed by atoms with van der Waals surface area (Å²) in [5.74, 6) is -0.965. The van der Waals surface area contributed by atoms with E-state index in [2.05, 4.69) is 10.1 Å². The van der Waals surface area contributed by atoms with Gasteiger partial charge in [0.2, 0.25) is 0 Å². The Bertz CT molecular complexity index is 1080. The minimum atomic E-state index is -0.965. The Morgan fingerprint density at radius 3 is 2.58 bits per heavy atom. The number of aryl methyl sites for hydroxylation is 1. The second-order valence-corrected chi connectivity index (χ2v) is 6.27. The molecule has 0 aliphatic heterocycles. The molecule has 2 aromatic carbocycles. The topological polar surface area (TPSA) is 68.0 Å². The van der Waals surface area contributed by atoms with Crippen LogP contribution >= 0.6 is 0 Å². The van der Waals surface area contributed by atoms with Gasteiger partial charge in [-0.15, -0.1) is 0 Å². The van der Waals surface area contributed by atoms with Crippen molar-refractivity contribution in [2.24, 2.45) is 0 Å². The van der Waals surface area contributed by atoms with Crippen LogP contribution in [0.1, 0.15) is 21.5 Å². The summed E-state index contributed by atoms with van der Waals surface area (Å²) in [5.41, 5.74) is 4.69. The first-order valence-electron chi connectivity index (χ1n) is 8.31. The molecule has 0 amide bonds. The summed E-state index contributed by atoms with van der Waals surface area (Å²) in [7, 11) is 0. The maximum atomic E-state index is 11.6. The molecule has 4 aromatic rings. The molecule has 0 spiro atoms. The Balaban J connectivity index is 1.89. The molecule has 0 aliphatic carbocycles. The molecule has 4 rings (SSSR count). The third-order valence-corrected chi connectivity index (χ3v) is 4.37. The number of carboxylic acid groups (broad SMARTS) is 1. The molecule has 2 aromatic heterocycles. The van der Waals surface area contributed by atoms with Gasteiger partial charge >= 0.3 is 5.97 Å². The van der Waals surface area contributed by atoms with Gasteiger partial charge in [-0.1, -0.05) is 36.4 Å².